The number of anilines is 1. The molecule has 0 heterocycles. The fraction of sp³-hybridized carbons (Fsp3) is 0.294. The van der Waals surface area contributed by atoms with Crippen LogP contribution in [0.5, 0.6) is 5.75 Å². The Labute approximate surface area is 132 Å². The third-order valence-electron chi connectivity index (χ3n) is 3.11. The molecular formula is C17H21NO3S. The third kappa shape index (κ3) is 3.80. The number of benzene rings is 2. The lowest BCUT2D eigenvalue weighted by molar-refractivity contribution is 0.244. The van der Waals surface area contributed by atoms with Crippen LogP contribution >= 0.6 is 0 Å². The molecule has 0 aromatic heterocycles. The summed E-state index contributed by atoms with van der Waals surface area (Å²) in [5.74, 6) is 0.519. The minimum Gasteiger partial charge on any atom is -0.489 e. The highest BCUT2D eigenvalue weighted by Gasteiger charge is 2.19. The van der Waals surface area contributed by atoms with E-state index in [9.17, 15) is 8.42 Å². The van der Waals surface area contributed by atoms with E-state index in [0.717, 1.165) is 11.1 Å². The van der Waals surface area contributed by atoms with Gasteiger partial charge in [-0.15, -0.1) is 0 Å². The standard InChI is InChI=1S/C17H21NO3S/c1-12(2)21-16-8-6-5-7-15(16)18-22(19,20)17-10-9-13(3)11-14(17)4/h5-12,18H,1-4H3. The fourth-order valence-corrected chi connectivity index (χ4v) is 3.51. The molecule has 0 bridgehead atoms. The van der Waals surface area contributed by atoms with E-state index >= 15 is 0 Å². The number of nitrogens with one attached hydrogen (secondary N) is 1. The molecule has 1 N–H and O–H groups in total. The van der Waals surface area contributed by atoms with Gasteiger partial charge in [-0.25, -0.2) is 8.42 Å². The molecule has 0 aliphatic carbocycles. The Balaban J connectivity index is 2.37. The van der Waals surface area contributed by atoms with Gasteiger partial charge >= 0.3 is 0 Å². The van der Waals surface area contributed by atoms with Crippen molar-refractivity contribution < 1.29 is 13.2 Å². The van der Waals surface area contributed by atoms with E-state index in [0.29, 0.717) is 11.4 Å². The molecule has 0 radical (unpaired) electrons. The van der Waals surface area contributed by atoms with E-state index < -0.39 is 10.0 Å². The van der Waals surface area contributed by atoms with Crippen LogP contribution < -0.4 is 9.46 Å². The normalized spacial score (nSPS) is 11.5. The van der Waals surface area contributed by atoms with E-state index in [1.54, 1.807) is 37.3 Å². The average molecular weight is 319 g/mol. The van der Waals surface area contributed by atoms with Crippen LogP contribution in [0.15, 0.2) is 47.4 Å². The topological polar surface area (TPSA) is 55.4 Å². The maximum absolute atomic E-state index is 12.6. The van der Waals surface area contributed by atoms with Gasteiger partial charge in [-0.2, -0.15) is 0 Å². The van der Waals surface area contributed by atoms with Gasteiger partial charge in [0.05, 0.1) is 16.7 Å². The second kappa shape index (κ2) is 6.40. The third-order valence-corrected chi connectivity index (χ3v) is 4.64. The van der Waals surface area contributed by atoms with Gasteiger partial charge in [0.15, 0.2) is 0 Å². The predicted octanol–water partition coefficient (Wildman–Crippen LogP) is 3.89. The average Bonchev–Trinajstić information content (AvgIpc) is 2.39. The second-order valence-electron chi connectivity index (χ2n) is 5.54. The summed E-state index contributed by atoms with van der Waals surface area (Å²) in [6.45, 7) is 7.52. The zero-order valence-electron chi connectivity index (χ0n) is 13.3. The number of rotatable bonds is 5. The summed E-state index contributed by atoms with van der Waals surface area (Å²) < 4.78 is 33.5. The predicted molar refractivity (Wildman–Crippen MR) is 88.9 cm³/mol. The largest absolute Gasteiger partial charge is 0.489 e. The van der Waals surface area contributed by atoms with Crippen LogP contribution in [0.4, 0.5) is 5.69 Å². The summed E-state index contributed by atoms with van der Waals surface area (Å²) in [5, 5.41) is 0. The molecule has 0 fully saturated rings. The number of hydrogen-bond donors (Lipinski definition) is 1. The van der Waals surface area contributed by atoms with Crippen LogP contribution in [0.2, 0.25) is 0 Å². The molecule has 0 unspecified atom stereocenters. The van der Waals surface area contributed by atoms with Crippen LogP contribution in [-0.4, -0.2) is 14.5 Å². The molecule has 2 aromatic carbocycles. The van der Waals surface area contributed by atoms with Crippen molar-refractivity contribution in [3.63, 3.8) is 0 Å². The lowest BCUT2D eigenvalue weighted by Crippen LogP contribution is -2.16. The van der Waals surface area contributed by atoms with Crippen LogP contribution in [0.1, 0.15) is 25.0 Å². The molecule has 22 heavy (non-hydrogen) atoms. The first-order chi connectivity index (χ1) is 10.3. The molecule has 2 rings (SSSR count). The van der Waals surface area contributed by atoms with E-state index in [-0.39, 0.29) is 11.0 Å². The molecular weight excluding hydrogens is 298 g/mol. The molecule has 5 heteroatoms. The molecule has 0 atom stereocenters. The summed E-state index contributed by atoms with van der Waals surface area (Å²) >= 11 is 0. The first-order valence-corrected chi connectivity index (χ1v) is 8.63. The van der Waals surface area contributed by atoms with Gasteiger partial charge < -0.3 is 4.74 Å². The molecule has 2 aromatic rings. The Morgan fingerprint density at radius 3 is 2.36 bits per heavy atom. The smallest absolute Gasteiger partial charge is 0.262 e. The first kappa shape index (κ1) is 16.4. The fourth-order valence-electron chi connectivity index (χ4n) is 2.21. The van der Waals surface area contributed by atoms with Crippen molar-refractivity contribution >= 4 is 15.7 Å². The van der Waals surface area contributed by atoms with E-state index in [2.05, 4.69) is 4.72 Å². The Bertz CT molecular complexity index is 767. The zero-order chi connectivity index (χ0) is 16.3. The van der Waals surface area contributed by atoms with Gasteiger partial charge in [0.25, 0.3) is 10.0 Å². The van der Waals surface area contributed by atoms with Crippen LogP contribution in [0.25, 0.3) is 0 Å². The first-order valence-electron chi connectivity index (χ1n) is 7.15. The summed E-state index contributed by atoms with van der Waals surface area (Å²) in [5.41, 5.74) is 2.19. The highest BCUT2D eigenvalue weighted by Crippen LogP contribution is 2.28. The molecule has 0 amide bonds. The van der Waals surface area contributed by atoms with Crippen molar-refractivity contribution in [2.45, 2.75) is 38.7 Å². The minimum atomic E-state index is -3.65. The molecule has 0 saturated carbocycles. The SMILES string of the molecule is Cc1ccc(S(=O)(=O)Nc2ccccc2OC(C)C)c(C)c1. The highest BCUT2D eigenvalue weighted by atomic mass is 32.2. The van der Waals surface area contributed by atoms with E-state index in [4.69, 9.17) is 4.74 Å². The molecule has 0 aliphatic rings. The number of aryl methyl sites for hydroxylation is 2. The van der Waals surface area contributed by atoms with E-state index in [1.807, 2.05) is 32.9 Å². The van der Waals surface area contributed by atoms with Gasteiger partial charge in [-0.05, 0) is 51.5 Å². The molecule has 0 aliphatic heterocycles. The number of para-hydroxylation sites is 2. The number of hydrogen-bond acceptors (Lipinski definition) is 3. The van der Waals surface area contributed by atoms with E-state index in [1.165, 1.54) is 0 Å². The van der Waals surface area contributed by atoms with Crippen molar-refractivity contribution in [2.75, 3.05) is 4.72 Å². The van der Waals surface area contributed by atoms with Crippen molar-refractivity contribution in [3.8, 4) is 5.75 Å². The lowest BCUT2D eigenvalue weighted by Gasteiger charge is -2.16. The summed E-state index contributed by atoms with van der Waals surface area (Å²) in [6, 6.07) is 12.3. The monoisotopic (exact) mass is 319 g/mol. The maximum Gasteiger partial charge on any atom is 0.262 e. The van der Waals surface area contributed by atoms with Gasteiger partial charge in [-0.3, -0.25) is 4.72 Å². The highest BCUT2D eigenvalue weighted by molar-refractivity contribution is 7.92. The Hall–Kier alpha value is -2.01. The summed E-state index contributed by atoms with van der Waals surface area (Å²) in [7, 11) is -3.65. The van der Waals surface area contributed by atoms with Crippen molar-refractivity contribution in [1.29, 1.82) is 0 Å². The Morgan fingerprint density at radius 1 is 1.05 bits per heavy atom. The van der Waals surface area contributed by atoms with Gasteiger partial charge in [0.1, 0.15) is 5.75 Å². The molecule has 0 spiro atoms. The Morgan fingerprint density at radius 2 is 1.73 bits per heavy atom. The van der Waals surface area contributed by atoms with Gasteiger partial charge in [-0.1, -0.05) is 29.8 Å². The quantitative estimate of drug-likeness (QED) is 0.909. The van der Waals surface area contributed by atoms with Gasteiger partial charge in [0.2, 0.25) is 0 Å². The van der Waals surface area contributed by atoms with Crippen molar-refractivity contribution in [2.24, 2.45) is 0 Å². The van der Waals surface area contributed by atoms with Crippen LogP contribution in [-0.2, 0) is 10.0 Å². The molecule has 4 nitrogen and oxygen atoms in total. The Kier molecular flexibility index (Phi) is 4.76. The molecule has 118 valence electrons. The summed E-state index contributed by atoms with van der Waals surface area (Å²) in [6.07, 6.45) is -0.0354. The van der Waals surface area contributed by atoms with Crippen LogP contribution in [0.3, 0.4) is 0 Å². The lowest BCUT2D eigenvalue weighted by atomic mass is 10.2. The maximum atomic E-state index is 12.6. The zero-order valence-corrected chi connectivity index (χ0v) is 14.1. The number of sulfonamides is 1. The minimum absolute atomic E-state index is 0.0354. The van der Waals surface area contributed by atoms with Crippen LogP contribution in [0, 0.1) is 13.8 Å². The second-order valence-corrected chi connectivity index (χ2v) is 7.19. The van der Waals surface area contributed by atoms with Gasteiger partial charge in [0, 0.05) is 0 Å². The van der Waals surface area contributed by atoms with Crippen molar-refractivity contribution in [3.05, 3.63) is 53.6 Å². The summed E-state index contributed by atoms with van der Waals surface area (Å²) in [4.78, 5) is 0.275. The van der Waals surface area contributed by atoms with Crippen molar-refractivity contribution in [1.82, 2.24) is 0 Å². The molecule has 0 saturated heterocycles. The number of ether oxygens (including phenoxy) is 1.